The third-order valence-electron chi connectivity index (χ3n) is 4.09. The second-order valence-corrected chi connectivity index (χ2v) is 5.69. The van der Waals surface area contributed by atoms with Gasteiger partial charge in [-0.3, -0.25) is 4.79 Å². The van der Waals surface area contributed by atoms with Crippen LogP contribution in [0, 0.1) is 5.41 Å². The van der Waals surface area contributed by atoms with E-state index in [1.54, 1.807) is 0 Å². The number of hydrogen-bond donors (Lipinski definition) is 3. The van der Waals surface area contributed by atoms with Gasteiger partial charge < -0.3 is 16.2 Å². The number of nitrogens with two attached hydrogens (primary N) is 1. The van der Waals surface area contributed by atoms with Crippen molar-refractivity contribution in [1.29, 1.82) is 0 Å². The zero-order valence-corrected chi connectivity index (χ0v) is 11.8. The van der Waals surface area contributed by atoms with E-state index in [0.717, 1.165) is 32.1 Å². The van der Waals surface area contributed by atoms with Crippen molar-refractivity contribution in [3.8, 4) is 0 Å². The molecular weight excluding hydrogens is 244 g/mol. The number of hydrogen-bond acceptors (Lipinski definition) is 3. The number of carbonyl (C=O) groups excluding carboxylic acids is 1. The Morgan fingerprint density at radius 3 is 2.42 bits per heavy atom. The van der Waals surface area contributed by atoms with Gasteiger partial charge in [0.2, 0.25) is 5.91 Å². The minimum absolute atomic E-state index is 0.113. The van der Waals surface area contributed by atoms with Crippen LogP contribution in [-0.4, -0.2) is 29.6 Å². The van der Waals surface area contributed by atoms with E-state index in [9.17, 15) is 9.59 Å². The van der Waals surface area contributed by atoms with Crippen molar-refractivity contribution in [1.82, 2.24) is 5.32 Å². The third-order valence-corrected chi connectivity index (χ3v) is 4.09. The Hall–Kier alpha value is -1.10. The Bertz CT molecular complexity index is 312. The number of nitrogens with one attached hydrogen (secondary N) is 1. The lowest BCUT2D eigenvalue weighted by Crippen LogP contribution is -2.44. The third kappa shape index (κ3) is 4.82. The van der Waals surface area contributed by atoms with E-state index in [2.05, 4.69) is 5.32 Å². The van der Waals surface area contributed by atoms with E-state index in [4.69, 9.17) is 10.8 Å². The fourth-order valence-electron chi connectivity index (χ4n) is 2.89. The molecule has 1 rings (SSSR count). The molecule has 1 unspecified atom stereocenters. The monoisotopic (exact) mass is 270 g/mol. The van der Waals surface area contributed by atoms with Crippen molar-refractivity contribution in [2.24, 2.45) is 11.1 Å². The molecule has 1 amide bonds. The highest BCUT2D eigenvalue weighted by Crippen LogP contribution is 2.38. The van der Waals surface area contributed by atoms with Crippen LogP contribution in [0.15, 0.2) is 0 Å². The van der Waals surface area contributed by atoms with Crippen LogP contribution in [0.5, 0.6) is 0 Å². The van der Waals surface area contributed by atoms with Gasteiger partial charge in [0.1, 0.15) is 6.04 Å². The SMILES string of the molecule is CCCC(NC(=O)CC1(CN)CCCCC1)C(=O)O. The largest absolute Gasteiger partial charge is 0.480 e. The molecule has 0 bridgehead atoms. The summed E-state index contributed by atoms with van der Waals surface area (Å²) in [5.74, 6) is -1.13. The van der Waals surface area contributed by atoms with E-state index in [1.807, 2.05) is 6.92 Å². The highest BCUT2D eigenvalue weighted by Gasteiger charge is 2.33. The number of rotatable bonds is 7. The molecule has 1 fully saturated rings. The molecule has 0 radical (unpaired) electrons. The normalized spacial score (nSPS) is 19.7. The van der Waals surface area contributed by atoms with Crippen molar-refractivity contribution in [3.05, 3.63) is 0 Å². The molecule has 4 N–H and O–H groups in total. The van der Waals surface area contributed by atoms with Crippen LogP contribution >= 0.6 is 0 Å². The molecule has 110 valence electrons. The molecule has 1 saturated carbocycles. The maximum absolute atomic E-state index is 12.0. The lowest BCUT2D eigenvalue weighted by atomic mass is 9.71. The lowest BCUT2D eigenvalue weighted by molar-refractivity contribution is -0.142. The van der Waals surface area contributed by atoms with Crippen LogP contribution in [0.25, 0.3) is 0 Å². The number of carbonyl (C=O) groups is 2. The summed E-state index contributed by atoms with van der Waals surface area (Å²) < 4.78 is 0. The number of carboxylic acids is 1. The first-order valence-corrected chi connectivity index (χ1v) is 7.25. The quantitative estimate of drug-likeness (QED) is 0.656. The molecule has 1 aliphatic rings. The van der Waals surface area contributed by atoms with Crippen molar-refractivity contribution in [3.63, 3.8) is 0 Å². The van der Waals surface area contributed by atoms with Gasteiger partial charge in [-0.2, -0.15) is 0 Å². The van der Waals surface area contributed by atoms with E-state index >= 15 is 0 Å². The zero-order chi connectivity index (χ0) is 14.3. The molecular formula is C14H26N2O3. The average Bonchev–Trinajstić information content (AvgIpc) is 2.39. The molecule has 0 heterocycles. The Morgan fingerprint density at radius 2 is 1.95 bits per heavy atom. The second kappa shape index (κ2) is 7.48. The van der Waals surface area contributed by atoms with Gasteiger partial charge in [0.25, 0.3) is 0 Å². The molecule has 5 nitrogen and oxygen atoms in total. The molecule has 0 aromatic heterocycles. The van der Waals surface area contributed by atoms with E-state index in [1.165, 1.54) is 6.42 Å². The predicted octanol–water partition coefficient (Wildman–Crippen LogP) is 1.66. The Balaban J connectivity index is 2.54. The van der Waals surface area contributed by atoms with Crippen molar-refractivity contribution in [2.45, 2.75) is 64.3 Å². The minimum atomic E-state index is -0.958. The Kier molecular flexibility index (Phi) is 6.28. The van der Waals surface area contributed by atoms with Crippen LogP contribution in [0.1, 0.15) is 58.3 Å². The van der Waals surface area contributed by atoms with Crippen molar-refractivity contribution in [2.75, 3.05) is 6.54 Å². The van der Waals surface area contributed by atoms with Crippen LogP contribution in [0.3, 0.4) is 0 Å². The minimum Gasteiger partial charge on any atom is -0.480 e. The number of amides is 1. The Morgan fingerprint density at radius 1 is 1.32 bits per heavy atom. The topological polar surface area (TPSA) is 92.4 Å². The first kappa shape index (κ1) is 16.0. The summed E-state index contributed by atoms with van der Waals surface area (Å²) in [6.07, 6.45) is 6.94. The predicted molar refractivity (Wildman–Crippen MR) is 73.7 cm³/mol. The van der Waals surface area contributed by atoms with Gasteiger partial charge >= 0.3 is 5.97 Å². The van der Waals surface area contributed by atoms with Gasteiger partial charge in [-0.15, -0.1) is 0 Å². The molecule has 5 heteroatoms. The smallest absolute Gasteiger partial charge is 0.326 e. The van der Waals surface area contributed by atoms with Crippen LogP contribution in [0.2, 0.25) is 0 Å². The summed E-state index contributed by atoms with van der Waals surface area (Å²) in [5.41, 5.74) is 5.73. The maximum Gasteiger partial charge on any atom is 0.326 e. The van der Waals surface area contributed by atoms with Gasteiger partial charge in [0.05, 0.1) is 0 Å². The van der Waals surface area contributed by atoms with Gasteiger partial charge in [0, 0.05) is 6.42 Å². The zero-order valence-electron chi connectivity index (χ0n) is 11.8. The summed E-state index contributed by atoms with van der Waals surface area (Å²) >= 11 is 0. The van der Waals surface area contributed by atoms with Gasteiger partial charge in [-0.25, -0.2) is 4.79 Å². The molecule has 1 atom stereocenters. The standard InChI is InChI=1S/C14H26N2O3/c1-2-6-11(13(18)19)16-12(17)9-14(10-15)7-4-3-5-8-14/h11H,2-10,15H2,1H3,(H,16,17)(H,18,19). The van der Waals surface area contributed by atoms with Crippen LogP contribution in [0.4, 0.5) is 0 Å². The highest BCUT2D eigenvalue weighted by molar-refractivity contribution is 5.83. The fourth-order valence-corrected chi connectivity index (χ4v) is 2.89. The highest BCUT2D eigenvalue weighted by atomic mass is 16.4. The van der Waals surface area contributed by atoms with Gasteiger partial charge in [-0.1, -0.05) is 32.6 Å². The summed E-state index contributed by atoms with van der Waals surface area (Å²) in [6, 6.07) is -0.768. The van der Waals surface area contributed by atoms with Crippen LogP contribution < -0.4 is 11.1 Å². The number of aliphatic carboxylic acids is 1. The van der Waals surface area contributed by atoms with E-state index < -0.39 is 12.0 Å². The first-order chi connectivity index (χ1) is 9.03. The average molecular weight is 270 g/mol. The lowest BCUT2D eigenvalue weighted by Gasteiger charge is -2.35. The summed E-state index contributed by atoms with van der Waals surface area (Å²) in [6.45, 7) is 2.41. The Labute approximate surface area is 114 Å². The van der Waals surface area contributed by atoms with E-state index in [-0.39, 0.29) is 11.3 Å². The summed E-state index contributed by atoms with van der Waals surface area (Å²) in [4.78, 5) is 23.1. The molecule has 0 aromatic rings. The first-order valence-electron chi connectivity index (χ1n) is 7.25. The van der Waals surface area contributed by atoms with E-state index in [0.29, 0.717) is 19.4 Å². The van der Waals surface area contributed by atoms with Crippen molar-refractivity contribution < 1.29 is 14.7 Å². The molecule has 0 saturated heterocycles. The molecule has 0 spiro atoms. The van der Waals surface area contributed by atoms with Gasteiger partial charge in [-0.05, 0) is 31.2 Å². The maximum atomic E-state index is 12.0. The second-order valence-electron chi connectivity index (χ2n) is 5.69. The van der Waals surface area contributed by atoms with Gasteiger partial charge in [0.15, 0.2) is 0 Å². The summed E-state index contributed by atoms with van der Waals surface area (Å²) in [5, 5.41) is 11.7. The summed E-state index contributed by atoms with van der Waals surface area (Å²) in [7, 11) is 0. The molecule has 19 heavy (non-hydrogen) atoms. The van der Waals surface area contributed by atoms with Crippen LogP contribution in [-0.2, 0) is 9.59 Å². The van der Waals surface area contributed by atoms with Crippen molar-refractivity contribution >= 4 is 11.9 Å². The fraction of sp³-hybridized carbons (Fsp3) is 0.857. The number of carboxylic acid groups (broad SMARTS) is 1. The molecule has 1 aliphatic carbocycles. The molecule has 0 aromatic carbocycles. The molecule has 0 aliphatic heterocycles.